The molecular weight excluding hydrogens is 224 g/mol. The standard InChI is InChI=1S/C14H22N4/c1-11-3-2-7-18(8-5-11)10-12-4-6-17-13(9-12)14(15)16/h4,6,9,11H,2-3,5,7-8,10H2,1H3,(H3,15,16). The zero-order valence-electron chi connectivity index (χ0n) is 11.0. The average molecular weight is 246 g/mol. The van der Waals surface area contributed by atoms with Gasteiger partial charge in [-0.1, -0.05) is 6.92 Å². The van der Waals surface area contributed by atoms with Gasteiger partial charge in [0, 0.05) is 12.7 Å². The minimum atomic E-state index is 0.0429. The van der Waals surface area contributed by atoms with Crippen LogP contribution in [0.2, 0.25) is 0 Å². The highest BCUT2D eigenvalue weighted by molar-refractivity contribution is 5.93. The molecule has 1 aromatic rings. The van der Waals surface area contributed by atoms with Crippen molar-refractivity contribution < 1.29 is 0 Å². The van der Waals surface area contributed by atoms with E-state index in [1.165, 1.54) is 37.9 Å². The number of nitrogens with zero attached hydrogens (tertiary/aromatic N) is 2. The van der Waals surface area contributed by atoms with Gasteiger partial charge in [0.1, 0.15) is 11.5 Å². The van der Waals surface area contributed by atoms with Crippen LogP contribution in [-0.4, -0.2) is 28.8 Å². The van der Waals surface area contributed by atoms with Crippen LogP contribution in [-0.2, 0) is 6.54 Å². The van der Waals surface area contributed by atoms with Crippen LogP contribution in [0.3, 0.4) is 0 Å². The van der Waals surface area contributed by atoms with Crippen molar-refractivity contribution in [1.82, 2.24) is 9.88 Å². The van der Waals surface area contributed by atoms with Gasteiger partial charge in [-0.2, -0.15) is 0 Å². The molecule has 1 aliphatic rings. The molecule has 1 saturated heterocycles. The monoisotopic (exact) mass is 246 g/mol. The minimum absolute atomic E-state index is 0.0429. The van der Waals surface area contributed by atoms with Gasteiger partial charge in [-0.15, -0.1) is 0 Å². The first-order valence-corrected chi connectivity index (χ1v) is 6.67. The lowest BCUT2D eigenvalue weighted by Gasteiger charge is -2.20. The van der Waals surface area contributed by atoms with E-state index >= 15 is 0 Å². The van der Waals surface area contributed by atoms with Crippen molar-refractivity contribution in [3.8, 4) is 0 Å². The van der Waals surface area contributed by atoms with Crippen LogP contribution >= 0.6 is 0 Å². The number of aromatic nitrogens is 1. The van der Waals surface area contributed by atoms with Gasteiger partial charge in [-0.3, -0.25) is 15.3 Å². The number of nitrogens with one attached hydrogen (secondary N) is 1. The molecule has 98 valence electrons. The Morgan fingerprint density at radius 3 is 3.11 bits per heavy atom. The molecule has 4 nitrogen and oxygen atoms in total. The molecule has 18 heavy (non-hydrogen) atoms. The highest BCUT2D eigenvalue weighted by atomic mass is 15.1. The fourth-order valence-electron chi connectivity index (χ4n) is 2.46. The zero-order valence-corrected chi connectivity index (χ0v) is 11.0. The molecule has 2 rings (SSSR count). The second kappa shape index (κ2) is 5.96. The van der Waals surface area contributed by atoms with Crippen LogP contribution in [0.15, 0.2) is 18.3 Å². The summed E-state index contributed by atoms with van der Waals surface area (Å²) in [6.45, 7) is 5.61. The maximum Gasteiger partial charge on any atom is 0.141 e. The van der Waals surface area contributed by atoms with Crippen LogP contribution in [0.5, 0.6) is 0 Å². The van der Waals surface area contributed by atoms with E-state index in [9.17, 15) is 0 Å². The van der Waals surface area contributed by atoms with Crippen LogP contribution in [0.1, 0.15) is 37.4 Å². The lowest BCUT2D eigenvalue weighted by molar-refractivity contribution is 0.273. The summed E-state index contributed by atoms with van der Waals surface area (Å²) in [4.78, 5) is 6.58. The van der Waals surface area contributed by atoms with E-state index in [-0.39, 0.29) is 5.84 Å². The van der Waals surface area contributed by atoms with Crippen molar-refractivity contribution in [2.45, 2.75) is 32.7 Å². The normalized spacial score (nSPS) is 21.5. The predicted molar refractivity (Wildman–Crippen MR) is 73.5 cm³/mol. The fourth-order valence-corrected chi connectivity index (χ4v) is 2.46. The van der Waals surface area contributed by atoms with Crippen molar-refractivity contribution in [3.05, 3.63) is 29.6 Å². The van der Waals surface area contributed by atoms with Crippen molar-refractivity contribution in [2.24, 2.45) is 11.7 Å². The number of nitrogens with two attached hydrogens (primary N) is 1. The van der Waals surface area contributed by atoms with Gasteiger partial charge in [0.2, 0.25) is 0 Å². The van der Waals surface area contributed by atoms with E-state index in [1.54, 1.807) is 6.20 Å². The third-order valence-corrected chi connectivity index (χ3v) is 3.62. The largest absolute Gasteiger partial charge is 0.382 e. The van der Waals surface area contributed by atoms with E-state index in [0.717, 1.165) is 12.5 Å². The third kappa shape index (κ3) is 3.53. The Morgan fingerprint density at radius 1 is 1.50 bits per heavy atom. The fraction of sp³-hybridized carbons (Fsp3) is 0.571. The topological polar surface area (TPSA) is 66.0 Å². The van der Waals surface area contributed by atoms with Crippen molar-refractivity contribution in [3.63, 3.8) is 0 Å². The number of hydrogen-bond donors (Lipinski definition) is 2. The Kier molecular flexibility index (Phi) is 4.31. The summed E-state index contributed by atoms with van der Waals surface area (Å²) in [5.74, 6) is 0.890. The van der Waals surface area contributed by atoms with E-state index in [4.69, 9.17) is 11.1 Å². The van der Waals surface area contributed by atoms with Gasteiger partial charge in [0.15, 0.2) is 0 Å². The number of pyridine rings is 1. The molecule has 0 aliphatic carbocycles. The van der Waals surface area contributed by atoms with Crippen LogP contribution in [0.4, 0.5) is 0 Å². The van der Waals surface area contributed by atoms with Crippen LogP contribution in [0.25, 0.3) is 0 Å². The molecule has 3 N–H and O–H groups in total. The first kappa shape index (κ1) is 13.0. The maximum absolute atomic E-state index is 7.41. The second-order valence-corrected chi connectivity index (χ2v) is 5.28. The van der Waals surface area contributed by atoms with Crippen LogP contribution < -0.4 is 5.73 Å². The summed E-state index contributed by atoms with van der Waals surface area (Å²) in [7, 11) is 0. The van der Waals surface area contributed by atoms with Gasteiger partial charge in [0.25, 0.3) is 0 Å². The average Bonchev–Trinajstić information content (AvgIpc) is 2.55. The van der Waals surface area contributed by atoms with Gasteiger partial charge in [0.05, 0.1) is 0 Å². The van der Waals surface area contributed by atoms with E-state index in [1.807, 2.05) is 12.1 Å². The number of likely N-dealkylation sites (tertiary alicyclic amines) is 1. The van der Waals surface area contributed by atoms with Crippen molar-refractivity contribution in [1.29, 1.82) is 5.41 Å². The SMILES string of the molecule is CC1CCCN(Cc2ccnc(C(=N)N)c2)CC1. The van der Waals surface area contributed by atoms with Gasteiger partial charge >= 0.3 is 0 Å². The highest BCUT2D eigenvalue weighted by Crippen LogP contribution is 2.18. The summed E-state index contributed by atoms with van der Waals surface area (Å²) < 4.78 is 0. The molecule has 1 aromatic heterocycles. The summed E-state index contributed by atoms with van der Waals surface area (Å²) in [6, 6.07) is 3.94. The lowest BCUT2D eigenvalue weighted by Crippen LogP contribution is -2.24. The number of amidine groups is 1. The molecule has 1 unspecified atom stereocenters. The molecule has 1 aliphatic heterocycles. The van der Waals surface area contributed by atoms with Gasteiger partial charge < -0.3 is 5.73 Å². The van der Waals surface area contributed by atoms with E-state index < -0.39 is 0 Å². The molecule has 0 radical (unpaired) electrons. The Hall–Kier alpha value is -1.42. The molecule has 4 heteroatoms. The summed E-state index contributed by atoms with van der Waals surface area (Å²) in [5.41, 5.74) is 7.24. The summed E-state index contributed by atoms with van der Waals surface area (Å²) in [6.07, 6.45) is 5.65. The molecule has 1 atom stereocenters. The second-order valence-electron chi connectivity index (χ2n) is 5.28. The highest BCUT2D eigenvalue weighted by Gasteiger charge is 2.14. The Balaban J connectivity index is 2.00. The van der Waals surface area contributed by atoms with E-state index in [2.05, 4.69) is 16.8 Å². The predicted octanol–water partition coefficient (Wildman–Crippen LogP) is 1.99. The molecule has 2 heterocycles. The molecule has 0 amide bonds. The van der Waals surface area contributed by atoms with Crippen LogP contribution in [0, 0.1) is 11.3 Å². The van der Waals surface area contributed by atoms with Crippen molar-refractivity contribution in [2.75, 3.05) is 13.1 Å². The maximum atomic E-state index is 7.41. The first-order valence-electron chi connectivity index (χ1n) is 6.67. The zero-order chi connectivity index (χ0) is 13.0. The Morgan fingerprint density at radius 2 is 2.33 bits per heavy atom. The van der Waals surface area contributed by atoms with Gasteiger partial charge in [-0.05, 0) is 56.0 Å². The Labute approximate surface area is 109 Å². The minimum Gasteiger partial charge on any atom is -0.382 e. The van der Waals surface area contributed by atoms with E-state index in [0.29, 0.717) is 5.69 Å². The summed E-state index contributed by atoms with van der Waals surface area (Å²) in [5, 5.41) is 7.41. The first-order chi connectivity index (χ1) is 8.65. The molecule has 1 fully saturated rings. The summed E-state index contributed by atoms with van der Waals surface area (Å²) >= 11 is 0. The lowest BCUT2D eigenvalue weighted by atomic mass is 10.0. The molecule has 0 saturated carbocycles. The third-order valence-electron chi connectivity index (χ3n) is 3.62. The van der Waals surface area contributed by atoms with Gasteiger partial charge in [-0.25, -0.2) is 0 Å². The smallest absolute Gasteiger partial charge is 0.141 e. The number of rotatable bonds is 3. The molecule has 0 bridgehead atoms. The molecular formula is C14H22N4. The molecule has 0 spiro atoms. The quantitative estimate of drug-likeness (QED) is 0.633. The number of nitrogen functional groups attached to an aromatic ring is 1. The number of hydrogen-bond acceptors (Lipinski definition) is 3. The molecule has 0 aromatic carbocycles. The Bertz CT molecular complexity index is 416. The van der Waals surface area contributed by atoms with Crippen molar-refractivity contribution >= 4 is 5.84 Å².